The minimum atomic E-state index is 0.0101. The maximum absolute atomic E-state index is 4.61. The van der Waals surface area contributed by atoms with Gasteiger partial charge >= 0.3 is 0 Å². The van der Waals surface area contributed by atoms with Crippen molar-refractivity contribution in [2.24, 2.45) is 0 Å². The molecule has 0 amide bonds. The summed E-state index contributed by atoms with van der Waals surface area (Å²) in [5, 5.41) is 0. The van der Waals surface area contributed by atoms with Gasteiger partial charge in [0.1, 0.15) is 0 Å². The highest BCUT2D eigenvalue weighted by molar-refractivity contribution is 5.83. The van der Waals surface area contributed by atoms with E-state index < -0.39 is 0 Å². The first-order valence-electron chi connectivity index (χ1n) is 11.9. The summed E-state index contributed by atoms with van der Waals surface area (Å²) >= 11 is 0. The predicted molar refractivity (Wildman–Crippen MR) is 142 cm³/mol. The average molecular weight is 441 g/mol. The van der Waals surface area contributed by atoms with Gasteiger partial charge in [0.05, 0.1) is 0 Å². The number of pyridine rings is 1. The zero-order chi connectivity index (χ0) is 23.4. The third-order valence-corrected chi connectivity index (χ3v) is 7.31. The summed E-state index contributed by atoms with van der Waals surface area (Å²) in [5.41, 5.74) is 14.7. The van der Waals surface area contributed by atoms with E-state index in [2.05, 4.69) is 122 Å². The van der Waals surface area contributed by atoms with Crippen LogP contribution in [-0.2, 0) is 5.41 Å². The summed E-state index contributed by atoms with van der Waals surface area (Å²) in [6, 6.07) is 33.0. The molecule has 2 aromatic heterocycles. The van der Waals surface area contributed by atoms with Crippen LogP contribution in [0.2, 0.25) is 0 Å². The quantitative estimate of drug-likeness (QED) is 0.300. The van der Waals surface area contributed by atoms with Gasteiger partial charge in [-0.2, -0.15) is 0 Å². The number of aromatic amines is 1. The predicted octanol–water partition coefficient (Wildman–Crippen LogP) is 8.33. The van der Waals surface area contributed by atoms with E-state index in [1.165, 1.54) is 44.5 Å². The summed E-state index contributed by atoms with van der Waals surface area (Å²) in [6.07, 6.45) is 0. The van der Waals surface area contributed by atoms with Crippen LogP contribution >= 0.6 is 0 Å². The monoisotopic (exact) mass is 440 g/mol. The first kappa shape index (κ1) is 20.7. The van der Waals surface area contributed by atoms with Crippen molar-refractivity contribution in [3.8, 4) is 44.8 Å². The number of aromatic nitrogens is 2. The van der Waals surface area contributed by atoms with E-state index in [0.29, 0.717) is 0 Å². The number of fused-ring (bicyclic) bond motifs is 3. The van der Waals surface area contributed by atoms with Crippen LogP contribution in [-0.4, -0.2) is 9.97 Å². The van der Waals surface area contributed by atoms with Gasteiger partial charge in [0, 0.05) is 33.8 Å². The summed E-state index contributed by atoms with van der Waals surface area (Å²) in [4.78, 5) is 8.26. The number of hydrogen-bond donors (Lipinski definition) is 1. The standard InChI is InChI=1S/C32H28N2/c1-20-9-15-25(21(2)33-20)22-10-12-23(13-11-22)30-17-18-31(34-30)24-14-16-27-26-7-5-6-8-28(26)32(3,4)29(27)19-24/h5-19,34H,1-4H3. The van der Waals surface area contributed by atoms with Crippen LogP contribution in [0.5, 0.6) is 0 Å². The molecule has 0 unspecified atom stereocenters. The Kier molecular flexibility index (Phi) is 4.60. The van der Waals surface area contributed by atoms with Gasteiger partial charge < -0.3 is 4.98 Å². The van der Waals surface area contributed by atoms with Crippen molar-refractivity contribution in [3.63, 3.8) is 0 Å². The Morgan fingerprint density at radius 3 is 1.97 bits per heavy atom. The molecule has 1 aliphatic carbocycles. The van der Waals surface area contributed by atoms with Crippen LogP contribution < -0.4 is 0 Å². The second kappa shape index (κ2) is 7.56. The van der Waals surface area contributed by atoms with Crippen LogP contribution in [0, 0.1) is 13.8 Å². The zero-order valence-corrected chi connectivity index (χ0v) is 20.1. The molecule has 34 heavy (non-hydrogen) atoms. The summed E-state index contributed by atoms with van der Waals surface area (Å²) in [6.45, 7) is 8.76. The van der Waals surface area contributed by atoms with Gasteiger partial charge in [-0.25, -0.2) is 0 Å². The molecule has 2 heteroatoms. The second-order valence-corrected chi connectivity index (χ2v) is 9.88. The number of benzene rings is 3. The van der Waals surface area contributed by atoms with Crippen LogP contribution in [0.15, 0.2) is 91.0 Å². The van der Waals surface area contributed by atoms with E-state index in [9.17, 15) is 0 Å². The Morgan fingerprint density at radius 1 is 0.588 bits per heavy atom. The van der Waals surface area contributed by atoms with Crippen LogP contribution in [0.1, 0.15) is 36.4 Å². The van der Waals surface area contributed by atoms with Gasteiger partial charge in [0.2, 0.25) is 0 Å². The molecule has 0 spiro atoms. The van der Waals surface area contributed by atoms with E-state index in [4.69, 9.17) is 0 Å². The maximum atomic E-state index is 4.61. The Hall–Kier alpha value is -3.91. The molecular weight excluding hydrogens is 412 g/mol. The van der Waals surface area contributed by atoms with E-state index in [1.54, 1.807) is 0 Å². The van der Waals surface area contributed by atoms with E-state index in [1.807, 2.05) is 6.92 Å². The molecule has 0 bridgehead atoms. The highest BCUT2D eigenvalue weighted by Gasteiger charge is 2.35. The lowest BCUT2D eigenvalue weighted by Crippen LogP contribution is -2.14. The molecule has 0 aliphatic heterocycles. The number of nitrogens with zero attached hydrogens (tertiary/aromatic N) is 1. The summed E-state index contributed by atoms with van der Waals surface area (Å²) < 4.78 is 0. The molecular formula is C32H28N2. The molecule has 0 radical (unpaired) electrons. The third kappa shape index (κ3) is 3.21. The molecule has 6 rings (SSSR count). The molecule has 1 aliphatic rings. The zero-order valence-electron chi connectivity index (χ0n) is 20.1. The minimum Gasteiger partial charge on any atom is -0.355 e. The summed E-state index contributed by atoms with van der Waals surface area (Å²) in [7, 11) is 0. The average Bonchev–Trinajstić information content (AvgIpc) is 3.42. The lowest BCUT2D eigenvalue weighted by atomic mass is 9.82. The Balaban J connectivity index is 1.32. The fourth-order valence-corrected chi connectivity index (χ4v) is 5.42. The van der Waals surface area contributed by atoms with Crippen molar-refractivity contribution < 1.29 is 0 Å². The van der Waals surface area contributed by atoms with Crippen molar-refractivity contribution in [3.05, 3.63) is 114 Å². The maximum Gasteiger partial charge on any atom is 0.0458 e. The van der Waals surface area contributed by atoms with Crippen molar-refractivity contribution in [2.45, 2.75) is 33.1 Å². The van der Waals surface area contributed by atoms with Gasteiger partial charge in [0.25, 0.3) is 0 Å². The molecule has 0 atom stereocenters. The molecule has 0 saturated carbocycles. The Bertz CT molecular complexity index is 1530. The SMILES string of the molecule is Cc1ccc(-c2ccc(-c3ccc(-c4ccc5c(c4)C(C)(C)c4ccccc4-5)[nH]3)cc2)c(C)n1. The second-order valence-electron chi connectivity index (χ2n) is 9.88. The van der Waals surface area contributed by atoms with E-state index in [-0.39, 0.29) is 5.41 Å². The molecule has 2 nitrogen and oxygen atoms in total. The van der Waals surface area contributed by atoms with Gasteiger partial charge in [-0.1, -0.05) is 80.6 Å². The Labute approximate surface area is 201 Å². The molecule has 0 saturated heterocycles. The normalized spacial score (nSPS) is 13.5. The summed E-state index contributed by atoms with van der Waals surface area (Å²) in [5.74, 6) is 0. The van der Waals surface area contributed by atoms with Crippen LogP contribution in [0.4, 0.5) is 0 Å². The van der Waals surface area contributed by atoms with Gasteiger partial charge in [-0.3, -0.25) is 4.98 Å². The number of hydrogen-bond acceptors (Lipinski definition) is 1. The molecule has 2 heterocycles. The van der Waals surface area contributed by atoms with Gasteiger partial charge in [0.15, 0.2) is 0 Å². The largest absolute Gasteiger partial charge is 0.355 e. The molecule has 166 valence electrons. The smallest absolute Gasteiger partial charge is 0.0458 e. The minimum absolute atomic E-state index is 0.0101. The lowest BCUT2D eigenvalue weighted by molar-refractivity contribution is 0.660. The van der Waals surface area contributed by atoms with Crippen molar-refractivity contribution in [1.29, 1.82) is 0 Å². The van der Waals surface area contributed by atoms with Gasteiger partial charge in [-0.05, 0) is 77.1 Å². The fraction of sp³-hybridized carbons (Fsp3) is 0.156. The highest BCUT2D eigenvalue weighted by Crippen LogP contribution is 2.49. The Morgan fingerprint density at radius 2 is 1.21 bits per heavy atom. The number of nitrogens with one attached hydrogen (secondary N) is 1. The van der Waals surface area contributed by atoms with Gasteiger partial charge in [-0.15, -0.1) is 0 Å². The molecule has 1 N–H and O–H groups in total. The lowest BCUT2D eigenvalue weighted by Gasteiger charge is -2.21. The highest BCUT2D eigenvalue weighted by atomic mass is 14.7. The third-order valence-electron chi connectivity index (χ3n) is 7.31. The number of rotatable bonds is 3. The molecule has 5 aromatic rings. The number of H-pyrrole nitrogens is 1. The first-order chi connectivity index (χ1) is 16.4. The van der Waals surface area contributed by atoms with Crippen molar-refractivity contribution in [1.82, 2.24) is 9.97 Å². The first-order valence-corrected chi connectivity index (χ1v) is 11.9. The van der Waals surface area contributed by atoms with E-state index >= 15 is 0 Å². The fourth-order valence-electron chi connectivity index (χ4n) is 5.42. The topological polar surface area (TPSA) is 28.7 Å². The molecule has 3 aromatic carbocycles. The van der Waals surface area contributed by atoms with E-state index in [0.717, 1.165) is 22.8 Å². The van der Waals surface area contributed by atoms with Crippen LogP contribution in [0.3, 0.4) is 0 Å². The molecule has 0 fully saturated rings. The van der Waals surface area contributed by atoms with Crippen molar-refractivity contribution >= 4 is 0 Å². The van der Waals surface area contributed by atoms with Crippen molar-refractivity contribution in [2.75, 3.05) is 0 Å². The van der Waals surface area contributed by atoms with Crippen LogP contribution in [0.25, 0.3) is 44.8 Å². The number of aryl methyl sites for hydroxylation is 2.